The van der Waals surface area contributed by atoms with E-state index in [-0.39, 0.29) is 12.5 Å². The molecule has 3 rings (SSSR count). The Kier molecular flexibility index (Phi) is 5.33. The second-order valence-electron chi connectivity index (χ2n) is 6.05. The summed E-state index contributed by atoms with van der Waals surface area (Å²) in [5.74, 6) is -0.244. The lowest BCUT2D eigenvalue weighted by atomic mass is 10.0. The molecule has 1 aliphatic rings. The highest BCUT2D eigenvalue weighted by Gasteiger charge is 2.24. The van der Waals surface area contributed by atoms with Gasteiger partial charge in [-0.15, -0.1) is 11.3 Å². The van der Waals surface area contributed by atoms with E-state index in [0.717, 1.165) is 36.0 Å². The largest absolute Gasteiger partial charge is 0.451 e. The summed E-state index contributed by atoms with van der Waals surface area (Å²) in [6.45, 7) is 3.31. The van der Waals surface area contributed by atoms with Gasteiger partial charge < -0.3 is 9.64 Å². The van der Waals surface area contributed by atoms with Crippen LogP contribution >= 0.6 is 34.5 Å². The third kappa shape index (κ3) is 3.68. The monoisotopic (exact) mass is 385 g/mol. The average molecular weight is 386 g/mol. The van der Waals surface area contributed by atoms with E-state index in [1.165, 1.54) is 11.3 Å². The lowest BCUT2D eigenvalue weighted by molar-refractivity contribution is -0.136. The van der Waals surface area contributed by atoms with E-state index in [1.807, 2.05) is 0 Å². The quantitative estimate of drug-likeness (QED) is 0.723. The van der Waals surface area contributed by atoms with E-state index in [4.69, 9.17) is 27.9 Å². The van der Waals surface area contributed by atoms with Crippen molar-refractivity contribution in [2.45, 2.75) is 19.8 Å². The lowest BCUT2D eigenvalue weighted by Gasteiger charge is -2.30. The molecule has 2 heterocycles. The Morgan fingerprint density at radius 3 is 2.92 bits per heavy atom. The Bertz CT molecular complexity index is 789. The van der Waals surface area contributed by atoms with Gasteiger partial charge in [0.15, 0.2) is 6.61 Å². The molecule has 1 saturated heterocycles. The molecule has 2 aromatic rings. The first kappa shape index (κ1) is 17.5. The zero-order valence-electron chi connectivity index (χ0n) is 13.2. The van der Waals surface area contributed by atoms with Crippen LogP contribution in [0.4, 0.5) is 0 Å². The van der Waals surface area contributed by atoms with Gasteiger partial charge in [-0.05, 0) is 30.9 Å². The van der Waals surface area contributed by atoms with Crippen LogP contribution in [0.2, 0.25) is 10.0 Å². The summed E-state index contributed by atoms with van der Waals surface area (Å²) in [5.41, 5.74) is 0. The molecule has 0 bridgehead atoms. The molecule has 1 unspecified atom stereocenters. The first-order chi connectivity index (χ1) is 11.5. The molecule has 1 aromatic carbocycles. The van der Waals surface area contributed by atoms with Crippen molar-refractivity contribution in [2.75, 3.05) is 19.7 Å². The van der Waals surface area contributed by atoms with Crippen LogP contribution in [0.5, 0.6) is 0 Å². The second-order valence-corrected chi connectivity index (χ2v) is 7.92. The molecule has 0 N–H and O–H groups in total. The third-order valence-corrected chi connectivity index (χ3v) is 5.99. The van der Waals surface area contributed by atoms with Crippen molar-refractivity contribution < 1.29 is 14.3 Å². The van der Waals surface area contributed by atoms with Crippen LogP contribution < -0.4 is 0 Å². The molecule has 0 radical (unpaired) electrons. The maximum Gasteiger partial charge on any atom is 0.350 e. The van der Waals surface area contributed by atoms with Crippen molar-refractivity contribution in [2.24, 2.45) is 5.92 Å². The predicted molar refractivity (Wildman–Crippen MR) is 97.1 cm³/mol. The number of amides is 1. The summed E-state index contributed by atoms with van der Waals surface area (Å²) >= 11 is 13.4. The molecular weight excluding hydrogens is 369 g/mol. The topological polar surface area (TPSA) is 46.6 Å². The number of ether oxygens (including phenoxy) is 1. The number of rotatable bonds is 3. The summed E-state index contributed by atoms with van der Waals surface area (Å²) in [7, 11) is 0. The fourth-order valence-electron chi connectivity index (χ4n) is 2.87. The minimum Gasteiger partial charge on any atom is -0.451 e. The number of carbonyl (C=O) groups excluding carboxylic acids is 2. The second kappa shape index (κ2) is 7.30. The predicted octanol–water partition coefficient (Wildman–Crippen LogP) is 4.62. The van der Waals surface area contributed by atoms with Crippen LogP contribution in [0.3, 0.4) is 0 Å². The van der Waals surface area contributed by atoms with E-state index < -0.39 is 5.97 Å². The highest BCUT2D eigenvalue weighted by Crippen LogP contribution is 2.37. The molecule has 24 heavy (non-hydrogen) atoms. The number of thiophene rings is 1. The van der Waals surface area contributed by atoms with Crippen LogP contribution in [-0.4, -0.2) is 36.5 Å². The van der Waals surface area contributed by atoms with Gasteiger partial charge in [0.05, 0.1) is 5.02 Å². The first-order valence-electron chi connectivity index (χ1n) is 7.78. The minimum absolute atomic E-state index is 0.157. The van der Waals surface area contributed by atoms with Crippen LogP contribution in [0, 0.1) is 5.92 Å². The normalized spacial score (nSPS) is 18.0. The van der Waals surface area contributed by atoms with Gasteiger partial charge in [-0.25, -0.2) is 4.79 Å². The Morgan fingerprint density at radius 2 is 2.17 bits per heavy atom. The summed E-state index contributed by atoms with van der Waals surface area (Å²) in [4.78, 5) is 26.5. The van der Waals surface area contributed by atoms with Gasteiger partial charge in [-0.2, -0.15) is 0 Å². The summed E-state index contributed by atoms with van der Waals surface area (Å²) in [6.07, 6.45) is 2.12. The number of piperidine rings is 1. The van der Waals surface area contributed by atoms with Crippen molar-refractivity contribution in [1.82, 2.24) is 4.90 Å². The van der Waals surface area contributed by atoms with E-state index in [2.05, 4.69) is 6.92 Å². The number of esters is 1. The van der Waals surface area contributed by atoms with Gasteiger partial charge in [0.1, 0.15) is 4.88 Å². The van der Waals surface area contributed by atoms with Crippen LogP contribution in [0.25, 0.3) is 10.1 Å². The van der Waals surface area contributed by atoms with Crippen LogP contribution in [-0.2, 0) is 9.53 Å². The first-order valence-corrected chi connectivity index (χ1v) is 9.35. The molecule has 1 atom stereocenters. The molecule has 0 spiro atoms. The summed E-state index contributed by atoms with van der Waals surface area (Å²) in [5, 5.41) is 1.68. The van der Waals surface area contributed by atoms with E-state index in [9.17, 15) is 9.59 Å². The van der Waals surface area contributed by atoms with Gasteiger partial charge in [0.2, 0.25) is 0 Å². The molecular formula is C17H17Cl2NO3S. The van der Waals surface area contributed by atoms with Gasteiger partial charge in [0, 0.05) is 28.2 Å². The lowest BCUT2D eigenvalue weighted by Crippen LogP contribution is -2.41. The zero-order valence-corrected chi connectivity index (χ0v) is 15.5. The van der Waals surface area contributed by atoms with Gasteiger partial charge in [-0.3, -0.25) is 4.79 Å². The molecule has 1 aliphatic heterocycles. The minimum atomic E-state index is -0.573. The number of hydrogen-bond donors (Lipinski definition) is 0. The number of fused-ring (bicyclic) bond motifs is 1. The fourth-order valence-corrected chi connectivity index (χ4v) is 4.55. The Morgan fingerprint density at radius 1 is 1.38 bits per heavy atom. The van der Waals surface area contributed by atoms with Gasteiger partial charge in [-0.1, -0.05) is 36.2 Å². The van der Waals surface area contributed by atoms with Gasteiger partial charge in [0.25, 0.3) is 5.91 Å². The van der Waals surface area contributed by atoms with Crippen molar-refractivity contribution in [3.05, 3.63) is 33.1 Å². The number of likely N-dealkylation sites (tertiary alicyclic amines) is 1. The van der Waals surface area contributed by atoms with Crippen molar-refractivity contribution in [3.63, 3.8) is 0 Å². The molecule has 7 heteroatoms. The molecule has 1 amide bonds. The zero-order chi connectivity index (χ0) is 17.3. The number of nitrogens with zero attached hydrogens (tertiary/aromatic N) is 1. The van der Waals surface area contributed by atoms with E-state index >= 15 is 0 Å². The van der Waals surface area contributed by atoms with E-state index in [1.54, 1.807) is 23.1 Å². The van der Waals surface area contributed by atoms with E-state index in [0.29, 0.717) is 20.8 Å². The van der Waals surface area contributed by atoms with Crippen molar-refractivity contribution in [3.8, 4) is 0 Å². The number of halogens is 2. The number of carbonyl (C=O) groups is 2. The standard InChI is InChI=1S/C17H17Cl2NO3S/c1-10-3-2-6-20(8-10)14(21)9-23-17(22)16-15(19)12-5-4-11(18)7-13(12)24-16/h4-5,7,10H,2-3,6,8-9H2,1H3. The maximum absolute atomic E-state index is 12.3. The van der Waals surface area contributed by atoms with Crippen molar-refractivity contribution in [1.29, 1.82) is 0 Å². The third-order valence-electron chi connectivity index (χ3n) is 4.11. The van der Waals surface area contributed by atoms with Crippen LogP contribution in [0.1, 0.15) is 29.4 Å². The Balaban J connectivity index is 1.67. The number of hydrogen-bond acceptors (Lipinski definition) is 4. The molecule has 128 valence electrons. The van der Waals surface area contributed by atoms with Gasteiger partial charge >= 0.3 is 5.97 Å². The summed E-state index contributed by atoms with van der Waals surface area (Å²) in [6, 6.07) is 5.25. The smallest absolute Gasteiger partial charge is 0.350 e. The highest BCUT2D eigenvalue weighted by atomic mass is 35.5. The Hall–Kier alpha value is -1.30. The van der Waals surface area contributed by atoms with Crippen molar-refractivity contribution >= 4 is 56.5 Å². The highest BCUT2D eigenvalue weighted by molar-refractivity contribution is 7.21. The Labute approximate surface area is 154 Å². The molecule has 4 nitrogen and oxygen atoms in total. The number of benzene rings is 1. The molecule has 1 fully saturated rings. The summed E-state index contributed by atoms with van der Waals surface area (Å²) < 4.78 is 6.00. The average Bonchev–Trinajstić information content (AvgIpc) is 2.88. The molecule has 0 aliphatic carbocycles. The molecule has 1 aromatic heterocycles. The maximum atomic E-state index is 12.3. The molecule has 0 saturated carbocycles. The SMILES string of the molecule is CC1CCCN(C(=O)COC(=O)c2sc3cc(Cl)ccc3c2Cl)C1. The fraction of sp³-hybridized carbons (Fsp3) is 0.412. The van der Waals surface area contributed by atoms with Crippen LogP contribution in [0.15, 0.2) is 18.2 Å².